The summed E-state index contributed by atoms with van der Waals surface area (Å²) >= 11 is 5.89. The number of carbonyl (C=O) groups is 2. The van der Waals surface area contributed by atoms with Gasteiger partial charge in [-0.1, -0.05) is 24.4 Å². The number of nitriles is 1. The molecule has 1 aliphatic carbocycles. The van der Waals surface area contributed by atoms with E-state index in [1.807, 2.05) is 6.07 Å². The monoisotopic (exact) mass is 388 g/mol. The Hall–Kier alpha value is -2.10. The molecule has 1 saturated carbocycles. The van der Waals surface area contributed by atoms with Gasteiger partial charge >= 0.3 is 11.8 Å². The van der Waals surface area contributed by atoms with Gasteiger partial charge in [0.1, 0.15) is 6.07 Å². The highest BCUT2D eigenvalue weighted by Gasteiger charge is 2.27. The zero-order valence-corrected chi connectivity index (χ0v) is 16.1. The van der Waals surface area contributed by atoms with Gasteiger partial charge in [0.2, 0.25) is 0 Å². The highest BCUT2D eigenvalue weighted by Crippen LogP contribution is 2.27. The van der Waals surface area contributed by atoms with Crippen molar-refractivity contribution in [1.29, 1.82) is 5.26 Å². The SMILES string of the molecule is N#Cc1ccc(Cl)cc1NC(=O)C(=O)NCC1CCN(C2CCCC2)CC1. The van der Waals surface area contributed by atoms with E-state index in [4.69, 9.17) is 16.9 Å². The average molecular weight is 389 g/mol. The Balaban J connectivity index is 1.44. The first-order chi connectivity index (χ1) is 13.1. The summed E-state index contributed by atoms with van der Waals surface area (Å²) in [4.78, 5) is 26.8. The number of piperidine rings is 1. The van der Waals surface area contributed by atoms with Gasteiger partial charge in [0, 0.05) is 17.6 Å². The molecule has 3 rings (SSSR count). The summed E-state index contributed by atoms with van der Waals surface area (Å²) in [5.41, 5.74) is 0.509. The number of hydrogen-bond donors (Lipinski definition) is 2. The number of likely N-dealkylation sites (tertiary alicyclic amines) is 1. The van der Waals surface area contributed by atoms with Crippen LogP contribution in [0.5, 0.6) is 0 Å². The number of hydrogen-bond acceptors (Lipinski definition) is 4. The molecule has 0 atom stereocenters. The van der Waals surface area contributed by atoms with Crippen molar-refractivity contribution in [3.8, 4) is 6.07 Å². The number of anilines is 1. The van der Waals surface area contributed by atoms with E-state index in [9.17, 15) is 9.59 Å². The van der Waals surface area contributed by atoms with Crippen LogP contribution in [0.1, 0.15) is 44.1 Å². The molecule has 0 aromatic heterocycles. The van der Waals surface area contributed by atoms with Crippen LogP contribution in [-0.4, -0.2) is 42.4 Å². The van der Waals surface area contributed by atoms with Crippen LogP contribution in [0, 0.1) is 17.2 Å². The summed E-state index contributed by atoms with van der Waals surface area (Å²) in [6.45, 7) is 2.66. The van der Waals surface area contributed by atoms with Crippen molar-refractivity contribution in [3.05, 3.63) is 28.8 Å². The van der Waals surface area contributed by atoms with E-state index < -0.39 is 11.8 Å². The van der Waals surface area contributed by atoms with Crippen molar-refractivity contribution in [2.45, 2.75) is 44.6 Å². The highest BCUT2D eigenvalue weighted by molar-refractivity contribution is 6.40. The summed E-state index contributed by atoms with van der Waals surface area (Å²) < 4.78 is 0. The molecule has 27 heavy (non-hydrogen) atoms. The Morgan fingerprint density at radius 2 is 1.85 bits per heavy atom. The first-order valence-electron chi connectivity index (χ1n) is 9.59. The number of nitrogens with zero attached hydrogens (tertiary/aromatic N) is 2. The largest absolute Gasteiger partial charge is 0.348 e. The quantitative estimate of drug-likeness (QED) is 0.776. The second-order valence-corrected chi connectivity index (χ2v) is 7.82. The van der Waals surface area contributed by atoms with Crippen molar-refractivity contribution < 1.29 is 9.59 Å². The summed E-state index contributed by atoms with van der Waals surface area (Å²) in [5.74, 6) is -1.06. The summed E-state index contributed by atoms with van der Waals surface area (Å²) in [5, 5.41) is 14.7. The van der Waals surface area contributed by atoms with E-state index in [1.165, 1.54) is 37.8 Å². The molecule has 1 heterocycles. The fourth-order valence-corrected chi connectivity index (χ4v) is 4.18. The topological polar surface area (TPSA) is 85.2 Å². The lowest BCUT2D eigenvalue weighted by molar-refractivity contribution is -0.136. The lowest BCUT2D eigenvalue weighted by Gasteiger charge is -2.36. The van der Waals surface area contributed by atoms with Crippen LogP contribution in [0.25, 0.3) is 0 Å². The smallest absolute Gasteiger partial charge is 0.313 e. The standard InChI is InChI=1S/C20H25ClN4O2/c21-16-6-5-15(12-22)18(11-16)24-20(27)19(26)23-13-14-7-9-25(10-8-14)17-3-1-2-4-17/h5-6,11,14,17H,1-4,7-10,13H2,(H,23,26)(H,24,27). The molecule has 7 heteroatoms. The maximum atomic E-state index is 12.1. The van der Waals surface area contributed by atoms with E-state index >= 15 is 0 Å². The van der Waals surface area contributed by atoms with Crippen molar-refractivity contribution in [1.82, 2.24) is 10.2 Å². The zero-order valence-electron chi connectivity index (χ0n) is 15.3. The van der Waals surface area contributed by atoms with Crippen LogP contribution in [0.4, 0.5) is 5.69 Å². The number of benzene rings is 1. The van der Waals surface area contributed by atoms with Crippen LogP contribution in [0.2, 0.25) is 5.02 Å². The number of rotatable bonds is 4. The molecular weight excluding hydrogens is 364 g/mol. The van der Waals surface area contributed by atoms with Crippen LogP contribution < -0.4 is 10.6 Å². The first-order valence-corrected chi connectivity index (χ1v) is 9.97. The molecule has 2 fully saturated rings. The van der Waals surface area contributed by atoms with E-state index in [-0.39, 0.29) is 11.3 Å². The second-order valence-electron chi connectivity index (χ2n) is 7.38. The summed E-state index contributed by atoms with van der Waals surface area (Å²) in [6.07, 6.45) is 7.41. The molecule has 2 N–H and O–H groups in total. The molecule has 2 amide bonds. The Labute approximate surface area is 164 Å². The van der Waals surface area contributed by atoms with Gasteiger partial charge in [0.05, 0.1) is 11.3 Å². The number of nitrogens with one attached hydrogen (secondary N) is 2. The third-order valence-electron chi connectivity index (χ3n) is 5.60. The van der Waals surface area contributed by atoms with Gasteiger partial charge in [-0.3, -0.25) is 9.59 Å². The molecule has 1 saturated heterocycles. The van der Waals surface area contributed by atoms with Crippen LogP contribution in [0.15, 0.2) is 18.2 Å². The normalized spacial score (nSPS) is 18.8. The van der Waals surface area contributed by atoms with Gasteiger partial charge in [-0.15, -0.1) is 0 Å². The van der Waals surface area contributed by atoms with E-state index in [0.717, 1.165) is 32.0 Å². The Bertz CT molecular complexity index is 732. The molecule has 0 radical (unpaired) electrons. The Morgan fingerprint density at radius 3 is 2.52 bits per heavy atom. The maximum Gasteiger partial charge on any atom is 0.313 e. The van der Waals surface area contributed by atoms with E-state index in [0.29, 0.717) is 17.5 Å². The van der Waals surface area contributed by atoms with Crippen LogP contribution >= 0.6 is 11.6 Å². The minimum absolute atomic E-state index is 0.245. The number of halogens is 1. The van der Waals surface area contributed by atoms with Gasteiger partial charge in [0.15, 0.2) is 0 Å². The highest BCUT2D eigenvalue weighted by atomic mass is 35.5. The van der Waals surface area contributed by atoms with Gasteiger partial charge in [-0.2, -0.15) is 5.26 Å². The minimum atomic E-state index is -0.780. The fraction of sp³-hybridized carbons (Fsp3) is 0.550. The van der Waals surface area contributed by atoms with Gasteiger partial charge < -0.3 is 15.5 Å². The van der Waals surface area contributed by atoms with Crippen LogP contribution in [0.3, 0.4) is 0 Å². The van der Waals surface area contributed by atoms with E-state index in [2.05, 4.69) is 15.5 Å². The van der Waals surface area contributed by atoms with Gasteiger partial charge in [-0.25, -0.2) is 0 Å². The molecule has 2 aliphatic rings. The van der Waals surface area contributed by atoms with Crippen molar-refractivity contribution in [3.63, 3.8) is 0 Å². The molecule has 6 nitrogen and oxygen atoms in total. The van der Waals surface area contributed by atoms with Crippen molar-refractivity contribution >= 4 is 29.1 Å². The molecule has 1 aromatic carbocycles. The number of amides is 2. The predicted octanol–water partition coefficient (Wildman–Crippen LogP) is 2.92. The maximum absolute atomic E-state index is 12.1. The summed E-state index contributed by atoms with van der Waals surface area (Å²) in [6, 6.07) is 7.25. The molecule has 0 bridgehead atoms. The van der Waals surface area contributed by atoms with Gasteiger partial charge in [0.25, 0.3) is 0 Å². The van der Waals surface area contributed by atoms with E-state index in [1.54, 1.807) is 6.07 Å². The van der Waals surface area contributed by atoms with Crippen LogP contribution in [-0.2, 0) is 9.59 Å². The Kier molecular flexibility index (Phi) is 6.70. The number of carbonyl (C=O) groups excluding carboxylic acids is 2. The third kappa shape index (κ3) is 5.21. The molecule has 1 aromatic rings. The van der Waals surface area contributed by atoms with Gasteiger partial charge in [-0.05, 0) is 62.9 Å². The molecule has 0 unspecified atom stereocenters. The molecule has 0 spiro atoms. The second kappa shape index (κ2) is 9.20. The molecule has 1 aliphatic heterocycles. The lowest BCUT2D eigenvalue weighted by Crippen LogP contribution is -2.44. The third-order valence-corrected chi connectivity index (χ3v) is 5.83. The zero-order chi connectivity index (χ0) is 19.2. The lowest BCUT2D eigenvalue weighted by atomic mass is 9.95. The Morgan fingerprint density at radius 1 is 1.15 bits per heavy atom. The van der Waals surface area contributed by atoms with Crippen molar-refractivity contribution in [2.24, 2.45) is 5.92 Å². The predicted molar refractivity (Wildman–Crippen MR) is 104 cm³/mol. The average Bonchev–Trinajstić information content (AvgIpc) is 3.21. The molecule has 144 valence electrons. The summed E-state index contributed by atoms with van der Waals surface area (Å²) in [7, 11) is 0. The molecular formula is C20H25ClN4O2. The minimum Gasteiger partial charge on any atom is -0.348 e. The van der Waals surface area contributed by atoms with Crippen molar-refractivity contribution in [2.75, 3.05) is 25.0 Å². The fourth-order valence-electron chi connectivity index (χ4n) is 4.01. The first kappa shape index (κ1) is 19.7.